The van der Waals surface area contributed by atoms with E-state index in [2.05, 4.69) is 4.74 Å². The van der Waals surface area contributed by atoms with E-state index in [0.717, 1.165) is 4.90 Å². The highest BCUT2D eigenvalue weighted by molar-refractivity contribution is 6.22. The van der Waals surface area contributed by atoms with Crippen LogP contribution in [0.4, 0.5) is 0 Å². The molecule has 0 bridgehead atoms. The number of nitrogens with zero attached hydrogens (tertiary/aromatic N) is 1. The zero-order chi connectivity index (χ0) is 21.0. The molecule has 29 heavy (non-hydrogen) atoms. The van der Waals surface area contributed by atoms with Crippen molar-refractivity contribution in [3.05, 3.63) is 65.2 Å². The maximum Gasteiger partial charge on any atom is 0.331 e. The normalized spacial score (nSPS) is 12.8. The molecule has 0 aromatic heterocycles. The number of methoxy groups -OCH3 is 2. The number of imide groups is 1. The zero-order valence-electron chi connectivity index (χ0n) is 15.7. The standard InChI is InChI=1S/C21H17NO7/c1-27-17-11-13(8-10-18(23)28-2)7-9-16(17)29-19(24)12-22-20(25)14-5-3-4-6-15(14)21(22)26/h3-11H,12H2,1-2H3/b10-8+. The molecule has 0 N–H and O–H groups in total. The van der Waals surface area contributed by atoms with Crippen molar-refractivity contribution in [2.45, 2.75) is 0 Å². The van der Waals surface area contributed by atoms with Gasteiger partial charge < -0.3 is 14.2 Å². The van der Waals surface area contributed by atoms with Crippen molar-refractivity contribution in [2.75, 3.05) is 20.8 Å². The molecular formula is C21H17NO7. The van der Waals surface area contributed by atoms with Crippen LogP contribution < -0.4 is 9.47 Å². The molecule has 2 aromatic carbocycles. The topological polar surface area (TPSA) is 99.2 Å². The lowest BCUT2D eigenvalue weighted by atomic mass is 10.1. The summed E-state index contributed by atoms with van der Waals surface area (Å²) in [6, 6.07) is 11.0. The van der Waals surface area contributed by atoms with Crippen molar-refractivity contribution in [3.8, 4) is 11.5 Å². The Morgan fingerprint density at radius 1 is 0.966 bits per heavy atom. The molecular weight excluding hydrogens is 378 g/mol. The number of hydrogen-bond donors (Lipinski definition) is 0. The van der Waals surface area contributed by atoms with E-state index < -0.39 is 30.3 Å². The molecule has 2 amide bonds. The van der Waals surface area contributed by atoms with Crippen molar-refractivity contribution in [1.29, 1.82) is 0 Å². The second-order valence-electron chi connectivity index (χ2n) is 5.98. The summed E-state index contributed by atoms with van der Waals surface area (Å²) >= 11 is 0. The van der Waals surface area contributed by atoms with Crippen LogP contribution in [-0.4, -0.2) is 49.4 Å². The minimum atomic E-state index is -0.796. The average Bonchev–Trinajstić information content (AvgIpc) is 2.97. The second kappa shape index (κ2) is 8.39. The number of fused-ring (bicyclic) bond motifs is 1. The number of hydrogen-bond acceptors (Lipinski definition) is 7. The Hall–Kier alpha value is -3.94. The molecule has 0 aliphatic carbocycles. The number of carbonyl (C=O) groups is 4. The van der Waals surface area contributed by atoms with E-state index in [9.17, 15) is 19.2 Å². The van der Waals surface area contributed by atoms with E-state index in [4.69, 9.17) is 9.47 Å². The van der Waals surface area contributed by atoms with Crippen LogP contribution in [0.5, 0.6) is 11.5 Å². The molecule has 0 spiro atoms. The summed E-state index contributed by atoms with van der Waals surface area (Å²) < 4.78 is 15.0. The molecule has 148 valence electrons. The number of carbonyl (C=O) groups excluding carboxylic acids is 4. The summed E-state index contributed by atoms with van der Waals surface area (Å²) in [5.41, 5.74) is 1.13. The van der Waals surface area contributed by atoms with Crippen LogP contribution in [0.1, 0.15) is 26.3 Å². The number of esters is 2. The van der Waals surface area contributed by atoms with Crippen molar-refractivity contribution >= 4 is 29.8 Å². The van der Waals surface area contributed by atoms with Gasteiger partial charge in [0.05, 0.1) is 25.3 Å². The first-order valence-electron chi connectivity index (χ1n) is 8.54. The van der Waals surface area contributed by atoms with Crippen LogP contribution in [0.2, 0.25) is 0 Å². The average molecular weight is 395 g/mol. The fourth-order valence-corrected chi connectivity index (χ4v) is 2.77. The Balaban J connectivity index is 1.71. The van der Waals surface area contributed by atoms with Gasteiger partial charge >= 0.3 is 11.9 Å². The predicted octanol–water partition coefficient (Wildman–Crippen LogP) is 2.08. The first-order chi connectivity index (χ1) is 13.9. The van der Waals surface area contributed by atoms with Crippen LogP contribution in [-0.2, 0) is 14.3 Å². The largest absolute Gasteiger partial charge is 0.493 e. The van der Waals surface area contributed by atoms with Crippen LogP contribution >= 0.6 is 0 Å². The lowest BCUT2D eigenvalue weighted by Crippen LogP contribution is -2.36. The van der Waals surface area contributed by atoms with Gasteiger partial charge in [-0.05, 0) is 35.9 Å². The molecule has 2 aromatic rings. The quantitative estimate of drug-likeness (QED) is 0.320. The Morgan fingerprint density at radius 2 is 1.62 bits per heavy atom. The highest BCUT2D eigenvalue weighted by Crippen LogP contribution is 2.29. The number of ether oxygens (including phenoxy) is 3. The van der Waals surface area contributed by atoms with Gasteiger partial charge in [0, 0.05) is 6.08 Å². The van der Waals surface area contributed by atoms with E-state index in [-0.39, 0.29) is 22.6 Å². The van der Waals surface area contributed by atoms with Gasteiger partial charge in [0.25, 0.3) is 11.8 Å². The number of rotatable bonds is 6. The Labute approximate surface area is 166 Å². The zero-order valence-corrected chi connectivity index (χ0v) is 15.7. The van der Waals surface area contributed by atoms with Crippen LogP contribution in [0.15, 0.2) is 48.5 Å². The third-order valence-electron chi connectivity index (χ3n) is 4.19. The fraction of sp³-hybridized carbons (Fsp3) is 0.143. The molecule has 1 aliphatic rings. The van der Waals surface area contributed by atoms with E-state index in [1.165, 1.54) is 44.6 Å². The second-order valence-corrected chi connectivity index (χ2v) is 5.98. The lowest BCUT2D eigenvalue weighted by molar-refractivity contribution is -0.135. The number of benzene rings is 2. The predicted molar refractivity (Wildman–Crippen MR) is 101 cm³/mol. The van der Waals surface area contributed by atoms with Gasteiger partial charge in [0.15, 0.2) is 11.5 Å². The van der Waals surface area contributed by atoms with Gasteiger partial charge in [-0.25, -0.2) is 9.59 Å². The molecule has 0 radical (unpaired) electrons. The summed E-state index contributed by atoms with van der Waals surface area (Å²) in [5.74, 6) is -2.04. The Bertz CT molecular complexity index is 990. The molecule has 1 aliphatic heterocycles. The molecule has 0 fully saturated rings. The van der Waals surface area contributed by atoms with E-state index in [1.54, 1.807) is 24.3 Å². The third-order valence-corrected chi connectivity index (χ3v) is 4.19. The number of amides is 2. The minimum Gasteiger partial charge on any atom is -0.493 e. The summed E-state index contributed by atoms with van der Waals surface area (Å²) in [4.78, 5) is 49.0. The van der Waals surface area contributed by atoms with E-state index >= 15 is 0 Å². The monoisotopic (exact) mass is 395 g/mol. The van der Waals surface area contributed by atoms with E-state index in [1.807, 2.05) is 0 Å². The maximum absolute atomic E-state index is 12.3. The Morgan fingerprint density at radius 3 is 2.21 bits per heavy atom. The third kappa shape index (κ3) is 4.16. The molecule has 8 nitrogen and oxygen atoms in total. The molecule has 8 heteroatoms. The van der Waals surface area contributed by atoms with Crippen LogP contribution in [0.3, 0.4) is 0 Å². The lowest BCUT2D eigenvalue weighted by Gasteiger charge is -2.14. The highest BCUT2D eigenvalue weighted by Gasteiger charge is 2.36. The molecule has 1 heterocycles. The van der Waals surface area contributed by atoms with Crippen molar-refractivity contribution < 1.29 is 33.4 Å². The summed E-state index contributed by atoms with van der Waals surface area (Å²) in [5, 5.41) is 0. The first-order valence-corrected chi connectivity index (χ1v) is 8.54. The van der Waals surface area contributed by atoms with Crippen LogP contribution in [0, 0.1) is 0 Å². The smallest absolute Gasteiger partial charge is 0.331 e. The van der Waals surface area contributed by atoms with Gasteiger partial charge in [-0.2, -0.15) is 0 Å². The van der Waals surface area contributed by atoms with Gasteiger partial charge in [-0.1, -0.05) is 18.2 Å². The van der Waals surface area contributed by atoms with Gasteiger partial charge in [0.2, 0.25) is 0 Å². The van der Waals surface area contributed by atoms with E-state index in [0.29, 0.717) is 5.56 Å². The summed E-state index contributed by atoms with van der Waals surface area (Å²) in [6.07, 6.45) is 2.75. The fourth-order valence-electron chi connectivity index (χ4n) is 2.77. The molecule has 0 saturated heterocycles. The summed E-state index contributed by atoms with van der Waals surface area (Å²) in [7, 11) is 2.66. The molecule has 3 rings (SSSR count). The minimum absolute atomic E-state index is 0.115. The van der Waals surface area contributed by atoms with Crippen molar-refractivity contribution in [2.24, 2.45) is 0 Å². The van der Waals surface area contributed by atoms with Crippen molar-refractivity contribution in [1.82, 2.24) is 4.90 Å². The SMILES string of the molecule is COC(=O)/C=C/c1ccc(OC(=O)CN2C(=O)c3ccccc3C2=O)c(OC)c1. The van der Waals surface area contributed by atoms with Crippen molar-refractivity contribution in [3.63, 3.8) is 0 Å². The highest BCUT2D eigenvalue weighted by atomic mass is 16.6. The Kier molecular flexibility index (Phi) is 5.73. The molecule has 0 saturated carbocycles. The summed E-state index contributed by atoms with van der Waals surface area (Å²) in [6.45, 7) is -0.528. The van der Waals surface area contributed by atoms with Gasteiger partial charge in [-0.3, -0.25) is 14.5 Å². The van der Waals surface area contributed by atoms with Crippen LogP contribution in [0.25, 0.3) is 6.08 Å². The first kappa shape index (κ1) is 19.8. The molecule has 0 unspecified atom stereocenters. The maximum atomic E-state index is 12.3. The van der Waals surface area contributed by atoms with Gasteiger partial charge in [-0.15, -0.1) is 0 Å². The van der Waals surface area contributed by atoms with Gasteiger partial charge in [0.1, 0.15) is 6.54 Å². The molecule has 0 atom stereocenters.